The highest BCUT2D eigenvalue weighted by atomic mass is 16.6. The van der Waals surface area contributed by atoms with E-state index in [-0.39, 0.29) is 11.1 Å². The molecule has 136 valence electrons. The highest BCUT2D eigenvalue weighted by molar-refractivity contribution is 5.91. The van der Waals surface area contributed by atoms with E-state index in [9.17, 15) is 19.5 Å². The number of aliphatic hydroxyl groups excluding tert-OH is 1. The highest BCUT2D eigenvalue weighted by Gasteiger charge is 2.46. The van der Waals surface area contributed by atoms with Crippen molar-refractivity contribution in [1.29, 1.82) is 0 Å². The first-order chi connectivity index (χ1) is 11.8. The van der Waals surface area contributed by atoms with E-state index < -0.39 is 42.1 Å². The minimum Gasteiger partial charge on any atom is -0.454 e. The normalized spacial score (nSPS) is 34.3. The minimum atomic E-state index is -1.31. The molecule has 4 atom stereocenters. The van der Waals surface area contributed by atoms with E-state index in [1.54, 1.807) is 26.0 Å². The van der Waals surface area contributed by atoms with Crippen LogP contribution in [0.15, 0.2) is 35.5 Å². The third-order valence-electron chi connectivity index (χ3n) is 4.49. The van der Waals surface area contributed by atoms with E-state index in [1.807, 2.05) is 6.92 Å². The minimum absolute atomic E-state index is 0.109. The van der Waals surface area contributed by atoms with Gasteiger partial charge in [0.2, 0.25) is 0 Å². The summed E-state index contributed by atoms with van der Waals surface area (Å²) >= 11 is 0. The first-order valence-corrected chi connectivity index (χ1v) is 8.37. The van der Waals surface area contributed by atoms with Crippen molar-refractivity contribution in [3.8, 4) is 0 Å². The van der Waals surface area contributed by atoms with Crippen molar-refractivity contribution >= 4 is 18.2 Å². The van der Waals surface area contributed by atoms with Crippen LogP contribution in [0.4, 0.5) is 0 Å². The van der Waals surface area contributed by atoms with Crippen molar-refractivity contribution in [1.82, 2.24) is 0 Å². The summed E-state index contributed by atoms with van der Waals surface area (Å²) in [5.74, 6) is -2.33. The van der Waals surface area contributed by atoms with Crippen molar-refractivity contribution < 1.29 is 29.0 Å². The van der Waals surface area contributed by atoms with Crippen LogP contribution in [0.5, 0.6) is 0 Å². The molecule has 1 aliphatic heterocycles. The average molecular weight is 348 g/mol. The first kappa shape index (κ1) is 19.1. The van der Waals surface area contributed by atoms with Gasteiger partial charge in [-0.15, -0.1) is 0 Å². The highest BCUT2D eigenvalue weighted by Crippen LogP contribution is 2.35. The Bertz CT molecular complexity index is 642. The van der Waals surface area contributed by atoms with Crippen molar-refractivity contribution in [2.75, 3.05) is 0 Å². The van der Waals surface area contributed by atoms with E-state index in [0.717, 1.165) is 5.57 Å². The van der Waals surface area contributed by atoms with Crippen LogP contribution in [0.1, 0.15) is 33.6 Å². The Morgan fingerprint density at radius 3 is 2.76 bits per heavy atom. The summed E-state index contributed by atoms with van der Waals surface area (Å²) in [4.78, 5) is 35.5. The maximum absolute atomic E-state index is 12.1. The third-order valence-corrected chi connectivity index (χ3v) is 4.49. The molecule has 0 aromatic carbocycles. The van der Waals surface area contributed by atoms with Gasteiger partial charge in [-0.1, -0.05) is 32.1 Å². The molecule has 1 aliphatic carbocycles. The van der Waals surface area contributed by atoms with Gasteiger partial charge in [-0.25, -0.2) is 4.79 Å². The van der Waals surface area contributed by atoms with Crippen LogP contribution < -0.4 is 0 Å². The van der Waals surface area contributed by atoms with Gasteiger partial charge in [-0.3, -0.25) is 9.59 Å². The predicted octanol–water partition coefficient (Wildman–Crippen LogP) is 1.88. The second-order valence-corrected chi connectivity index (χ2v) is 6.80. The van der Waals surface area contributed by atoms with Crippen LogP contribution in [0.3, 0.4) is 0 Å². The largest absolute Gasteiger partial charge is 0.454 e. The van der Waals surface area contributed by atoms with E-state index in [1.165, 1.54) is 0 Å². The van der Waals surface area contributed by atoms with E-state index >= 15 is 0 Å². The first-order valence-electron chi connectivity index (χ1n) is 8.37. The lowest BCUT2D eigenvalue weighted by Crippen LogP contribution is -2.42. The maximum atomic E-state index is 12.1. The lowest BCUT2D eigenvalue weighted by molar-refractivity contribution is -0.158. The van der Waals surface area contributed by atoms with Gasteiger partial charge in [-0.05, 0) is 25.8 Å². The van der Waals surface area contributed by atoms with Crippen molar-refractivity contribution in [2.45, 2.75) is 51.9 Å². The van der Waals surface area contributed by atoms with Gasteiger partial charge >= 0.3 is 11.9 Å². The smallest absolute Gasteiger partial charge is 0.334 e. The molecule has 0 bridgehead atoms. The van der Waals surface area contributed by atoms with Gasteiger partial charge in [0.15, 0.2) is 6.10 Å². The molecule has 2 rings (SSSR count). The standard InChI is InChI=1S/C19H24O6/c1-10(2)18(22)25-17-13(9-20)7-5-6-11(3)8-14-15(16(17)21)12(4)19(23)24-14/h7-10,14-17,21H,4-6H2,1-3H3/b11-8+,13-7-/t14-,15+,16-,17-/m0/s1. The lowest BCUT2D eigenvalue weighted by atomic mass is 9.84. The zero-order chi connectivity index (χ0) is 18.7. The summed E-state index contributed by atoms with van der Waals surface area (Å²) in [6, 6.07) is 0. The summed E-state index contributed by atoms with van der Waals surface area (Å²) in [6.07, 6.45) is 2.05. The number of hydrogen-bond donors (Lipinski definition) is 1. The molecule has 0 aromatic rings. The average Bonchev–Trinajstić information content (AvgIpc) is 2.82. The summed E-state index contributed by atoms with van der Waals surface area (Å²) in [7, 11) is 0. The Balaban J connectivity index is 2.46. The second kappa shape index (κ2) is 7.78. The van der Waals surface area contributed by atoms with Crippen molar-refractivity contribution in [2.24, 2.45) is 11.8 Å². The predicted molar refractivity (Wildman–Crippen MR) is 90.4 cm³/mol. The number of fused-ring (bicyclic) bond motifs is 1. The maximum Gasteiger partial charge on any atom is 0.334 e. The molecular formula is C19H24O6. The summed E-state index contributed by atoms with van der Waals surface area (Å²) in [6.45, 7) is 8.93. The number of aliphatic hydroxyl groups is 1. The van der Waals surface area contributed by atoms with Gasteiger partial charge in [0.25, 0.3) is 0 Å². The molecule has 2 aliphatic rings. The summed E-state index contributed by atoms with van der Waals surface area (Å²) < 4.78 is 10.7. The number of carbonyl (C=O) groups excluding carboxylic acids is 3. The van der Waals surface area contributed by atoms with Crippen LogP contribution in [0.2, 0.25) is 0 Å². The molecular weight excluding hydrogens is 324 g/mol. The van der Waals surface area contributed by atoms with Gasteiger partial charge in [0, 0.05) is 11.1 Å². The number of carbonyl (C=O) groups is 3. The van der Waals surface area contributed by atoms with Gasteiger partial charge in [-0.2, -0.15) is 0 Å². The van der Waals surface area contributed by atoms with Gasteiger partial charge < -0.3 is 14.6 Å². The number of hydrogen-bond acceptors (Lipinski definition) is 6. The topological polar surface area (TPSA) is 89.9 Å². The molecule has 0 unspecified atom stereocenters. The van der Waals surface area contributed by atoms with Crippen LogP contribution in [0, 0.1) is 11.8 Å². The molecule has 1 saturated heterocycles. The third kappa shape index (κ3) is 4.07. The fraction of sp³-hybridized carbons (Fsp3) is 0.526. The van der Waals surface area contributed by atoms with Crippen LogP contribution in [0.25, 0.3) is 0 Å². The number of aldehydes is 1. The van der Waals surface area contributed by atoms with Crippen LogP contribution >= 0.6 is 0 Å². The Morgan fingerprint density at radius 2 is 2.16 bits per heavy atom. The summed E-state index contributed by atoms with van der Waals surface area (Å²) in [5.41, 5.74) is 1.27. The van der Waals surface area contributed by atoms with Gasteiger partial charge in [0.1, 0.15) is 18.5 Å². The fourth-order valence-corrected chi connectivity index (χ4v) is 2.99. The monoisotopic (exact) mass is 348 g/mol. The molecule has 1 heterocycles. The molecule has 0 amide bonds. The van der Waals surface area contributed by atoms with E-state index in [0.29, 0.717) is 19.1 Å². The molecule has 6 nitrogen and oxygen atoms in total. The molecule has 0 saturated carbocycles. The number of allylic oxidation sites excluding steroid dienone is 2. The quantitative estimate of drug-likeness (QED) is 0.362. The Morgan fingerprint density at radius 1 is 1.48 bits per heavy atom. The Kier molecular flexibility index (Phi) is 5.95. The van der Waals surface area contributed by atoms with Crippen LogP contribution in [-0.4, -0.2) is 41.6 Å². The lowest BCUT2D eigenvalue weighted by Gasteiger charge is -2.30. The molecule has 0 aromatic heterocycles. The Hall–Kier alpha value is -2.21. The summed E-state index contributed by atoms with van der Waals surface area (Å²) in [5, 5.41) is 10.9. The van der Waals surface area contributed by atoms with E-state index in [2.05, 4.69) is 6.58 Å². The van der Waals surface area contributed by atoms with E-state index in [4.69, 9.17) is 9.47 Å². The molecule has 25 heavy (non-hydrogen) atoms. The SMILES string of the molecule is C=C1C(=O)O[C@H]2/C=C(\C)CC/C=C(/C=O)[C@H](OC(=O)C(C)C)[C@@H](O)[C@H]12. The Labute approximate surface area is 147 Å². The molecule has 0 radical (unpaired) electrons. The molecule has 1 fully saturated rings. The number of esters is 2. The zero-order valence-corrected chi connectivity index (χ0v) is 14.7. The molecule has 1 N–H and O–H groups in total. The second-order valence-electron chi connectivity index (χ2n) is 6.80. The van der Waals surface area contributed by atoms with Crippen molar-refractivity contribution in [3.63, 3.8) is 0 Å². The van der Waals surface area contributed by atoms with Crippen LogP contribution in [-0.2, 0) is 23.9 Å². The molecule has 0 spiro atoms. The number of rotatable bonds is 3. The van der Waals surface area contributed by atoms with Gasteiger partial charge in [0.05, 0.1) is 11.8 Å². The number of ether oxygens (including phenoxy) is 2. The molecule has 6 heteroatoms. The van der Waals surface area contributed by atoms with Crippen molar-refractivity contribution in [3.05, 3.63) is 35.5 Å². The zero-order valence-electron chi connectivity index (χ0n) is 14.7. The fourth-order valence-electron chi connectivity index (χ4n) is 2.99.